The summed E-state index contributed by atoms with van der Waals surface area (Å²) in [5.74, 6) is 0.0861. The number of rotatable bonds is 8. The van der Waals surface area contributed by atoms with E-state index in [0.717, 1.165) is 16.0 Å². The lowest BCUT2D eigenvalue weighted by molar-refractivity contribution is -0.116. The van der Waals surface area contributed by atoms with Crippen LogP contribution in [0, 0.1) is 0 Å². The zero-order valence-corrected chi connectivity index (χ0v) is 15.1. The molecule has 8 heteroatoms. The number of benzene rings is 1. The molecule has 0 unspecified atom stereocenters. The maximum atomic E-state index is 12.2. The van der Waals surface area contributed by atoms with Gasteiger partial charge in [-0.1, -0.05) is 25.1 Å². The van der Waals surface area contributed by atoms with E-state index in [1.54, 1.807) is 12.1 Å². The molecule has 2 heterocycles. The fraction of sp³-hybridized carbons (Fsp3) is 0.278. The number of carbonyl (C=O) groups is 1. The third kappa shape index (κ3) is 4.40. The maximum absolute atomic E-state index is 12.2. The predicted molar refractivity (Wildman–Crippen MR) is 99.6 cm³/mol. The van der Waals surface area contributed by atoms with Crippen molar-refractivity contribution in [3.8, 4) is 16.5 Å². The first-order valence-corrected chi connectivity index (χ1v) is 9.19. The number of nitrogens with zero attached hydrogens (tertiary/aromatic N) is 2. The van der Waals surface area contributed by atoms with E-state index in [-0.39, 0.29) is 24.8 Å². The number of hydrogen-bond donors (Lipinski definition) is 1. The molecule has 0 bridgehead atoms. The highest BCUT2D eigenvalue weighted by Crippen LogP contribution is 2.24. The number of para-hydroxylation sites is 2. The molecule has 0 aliphatic heterocycles. The van der Waals surface area contributed by atoms with E-state index in [0.29, 0.717) is 18.0 Å². The van der Waals surface area contributed by atoms with Crippen molar-refractivity contribution in [3.05, 3.63) is 52.3 Å². The molecule has 0 spiro atoms. The van der Waals surface area contributed by atoms with Crippen LogP contribution in [0.1, 0.15) is 19.8 Å². The third-order valence-electron chi connectivity index (χ3n) is 3.51. The van der Waals surface area contributed by atoms with E-state index >= 15 is 0 Å². The van der Waals surface area contributed by atoms with Gasteiger partial charge in [0.05, 0.1) is 23.7 Å². The van der Waals surface area contributed by atoms with Gasteiger partial charge in [-0.2, -0.15) is 4.68 Å². The number of anilines is 1. The summed E-state index contributed by atoms with van der Waals surface area (Å²) in [6, 6.07) is 10.9. The summed E-state index contributed by atoms with van der Waals surface area (Å²) in [5, 5.41) is 8.82. The van der Waals surface area contributed by atoms with E-state index < -0.39 is 5.76 Å². The van der Waals surface area contributed by atoms with Crippen LogP contribution >= 0.6 is 11.3 Å². The van der Waals surface area contributed by atoms with Crippen molar-refractivity contribution in [1.29, 1.82) is 0 Å². The van der Waals surface area contributed by atoms with Gasteiger partial charge in [0.25, 0.3) is 5.89 Å². The molecule has 0 aliphatic carbocycles. The van der Waals surface area contributed by atoms with Crippen molar-refractivity contribution in [2.45, 2.75) is 26.3 Å². The van der Waals surface area contributed by atoms with Gasteiger partial charge in [0.15, 0.2) is 0 Å². The van der Waals surface area contributed by atoms with Gasteiger partial charge in [-0.3, -0.25) is 4.79 Å². The summed E-state index contributed by atoms with van der Waals surface area (Å²) in [6.07, 6.45) is 0.975. The Morgan fingerprint density at radius 2 is 2.15 bits per heavy atom. The van der Waals surface area contributed by atoms with Crippen molar-refractivity contribution in [1.82, 2.24) is 9.78 Å². The Hall–Kier alpha value is -2.87. The van der Waals surface area contributed by atoms with E-state index in [9.17, 15) is 9.59 Å². The molecule has 0 aliphatic rings. The van der Waals surface area contributed by atoms with Gasteiger partial charge in [0, 0.05) is 6.42 Å². The minimum absolute atomic E-state index is 0.0957. The van der Waals surface area contributed by atoms with Crippen LogP contribution in [-0.2, 0) is 11.3 Å². The van der Waals surface area contributed by atoms with Crippen molar-refractivity contribution < 1.29 is 13.9 Å². The number of aromatic nitrogens is 2. The number of nitrogens with one attached hydrogen (secondary N) is 1. The van der Waals surface area contributed by atoms with Gasteiger partial charge in [-0.15, -0.1) is 16.4 Å². The lowest BCUT2D eigenvalue weighted by Gasteiger charge is -2.11. The van der Waals surface area contributed by atoms with E-state index in [1.807, 2.05) is 36.6 Å². The molecule has 3 rings (SSSR count). The molecule has 0 fully saturated rings. The highest BCUT2D eigenvalue weighted by molar-refractivity contribution is 7.13. The molecule has 0 atom stereocenters. The van der Waals surface area contributed by atoms with Gasteiger partial charge in [-0.25, -0.2) is 4.79 Å². The molecule has 26 heavy (non-hydrogen) atoms. The highest BCUT2D eigenvalue weighted by Gasteiger charge is 2.13. The third-order valence-corrected chi connectivity index (χ3v) is 4.37. The first-order valence-electron chi connectivity index (χ1n) is 8.31. The van der Waals surface area contributed by atoms with E-state index in [1.165, 1.54) is 11.3 Å². The predicted octanol–water partition coefficient (Wildman–Crippen LogP) is 3.38. The normalized spacial score (nSPS) is 10.7. The quantitative estimate of drug-likeness (QED) is 0.654. The SMILES string of the molecule is CCCOc1ccccc1NC(=O)CCn1nc(-c2cccs2)oc1=O. The van der Waals surface area contributed by atoms with Gasteiger partial charge < -0.3 is 14.5 Å². The molecule has 0 radical (unpaired) electrons. The highest BCUT2D eigenvalue weighted by atomic mass is 32.1. The standard InChI is InChI=1S/C18H19N3O4S/c1-2-11-24-14-7-4-3-6-13(14)19-16(22)9-10-21-18(23)25-17(20-21)15-8-5-12-26-15/h3-8,12H,2,9-11H2,1H3,(H,19,22). The summed E-state index contributed by atoms with van der Waals surface area (Å²) < 4.78 is 11.9. The zero-order chi connectivity index (χ0) is 18.4. The Morgan fingerprint density at radius 3 is 2.92 bits per heavy atom. The monoisotopic (exact) mass is 373 g/mol. The van der Waals surface area contributed by atoms with Crippen LogP contribution in [0.25, 0.3) is 10.8 Å². The molecular formula is C18H19N3O4S. The van der Waals surface area contributed by atoms with Crippen LogP contribution in [0.2, 0.25) is 0 Å². The fourth-order valence-corrected chi connectivity index (χ4v) is 2.92. The molecule has 136 valence electrons. The first kappa shape index (κ1) is 17.9. The molecule has 0 saturated carbocycles. The van der Waals surface area contributed by atoms with Crippen LogP contribution < -0.4 is 15.8 Å². The second-order valence-electron chi connectivity index (χ2n) is 5.52. The van der Waals surface area contributed by atoms with Crippen molar-refractivity contribution >= 4 is 22.9 Å². The van der Waals surface area contributed by atoms with Gasteiger partial charge in [-0.05, 0) is 30.0 Å². The largest absolute Gasteiger partial charge is 0.491 e. The molecule has 2 aromatic heterocycles. The van der Waals surface area contributed by atoms with Crippen molar-refractivity contribution in [3.63, 3.8) is 0 Å². The second-order valence-corrected chi connectivity index (χ2v) is 6.46. The first-order chi connectivity index (χ1) is 12.7. The summed E-state index contributed by atoms with van der Waals surface area (Å²) in [5.41, 5.74) is 0.609. The minimum Gasteiger partial charge on any atom is -0.491 e. The number of carbonyl (C=O) groups excluding carboxylic acids is 1. The van der Waals surface area contributed by atoms with Crippen molar-refractivity contribution in [2.75, 3.05) is 11.9 Å². The van der Waals surface area contributed by atoms with Gasteiger partial charge in [0.2, 0.25) is 5.91 Å². The lowest BCUT2D eigenvalue weighted by Crippen LogP contribution is -2.21. The minimum atomic E-state index is -0.576. The summed E-state index contributed by atoms with van der Waals surface area (Å²) in [4.78, 5) is 24.9. The van der Waals surface area contributed by atoms with Crippen LogP contribution in [-0.4, -0.2) is 22.3 Å². The number of ether oxygens (including phenoxy) is 1. The van der Waals surface area contributed by atoms with Gasteiger partial charge in [0.1, 0.15) is 5.75 Å². The Balaban J connectivity index is 1.61. The Morgan fingerprint density at radius 1 is 1.31 bits per heavy atom. The second kappa shape index (κ2) is 8.48. The molecule has 1 amide bonds. The topological polar surface area (TPSA) is 86.4 Å². The number of aryl methyl sites for hydroxylation is 1. The lowest BCUT2D eigenvalue weighted by atomic mass is 10.2. The summed E-state index contributed by atoms with van der Waals surface area (Å²) >= 11 is 1.43. The summed E-state index contributed by atoms with van der Waals surface area (Å²) in [6.45, 7) is 2.73. The molecule has 1 aromatic carbocycles. The molecule has 3 aromatic rings. The van der Waals surface area contributed by atoms with Gasteiger partial charge >= 0.3 is 5.76 Å². The summed E-state index contributed by atoms with van der Waals surface area (Å²) in [7, 11) is 0. The average Bonchev–Trinajstić information content (AvgIpc) is 3.29. The smallest absolute Gasteiger partial charge is 0.437 e. The van der Waals surface area contributed by atoms with Crippen LogP contribution in [0.15, 0.2) is 51.0 Å². The Bertz CT molecular complexity index is 915. The number of hydrogen-bond acceptors (Lipinski definition) is 6. The molecule has 1 N–H and O–H groups in total. The van der Waals surface area contributed by atoms with E-state index in [2.05, 4.69) is 10.4 Å². The maximum Gasteiger partial charge on any atom is 0.437 e. The number of thiophene rings is 1. The average molecular weight is 373 g/mol. The molecular weight excluding hydrogens is 354 g/mol. The fourth-order valence-electron chi connectivity index (χ4n) is 2.28. The molecule has 7 nitrogen and oxygen atoms in total. The van der Waals surface area contributed by atoms with Crippen LogP contribution in [0.5, 0.6) is 5.75 Å². The van der Waals surface area contributed by atoms with Crippen molar-refractivity contribution in [2.24, 2.45) is 0 Å². The molecule has 0 saturated heterocycles. The Kier molecular flexibility index (Phi) is 5.85. The van der Waals surface area contributed by atoms with E-state index in [4.69, 9.17) is 9.15 Å². The number of amides is 1. The van der Waals surface area contributed by atoms with Crippen LogP contribution in [0.3, 0.4) is 0 Å². The van der Waals surface area contributed by atoms with Crippen LogP contribution in [0.4, 0.5) is 5.69 Å². The zero-order valence-electron chi connectivity index (χ0n) is 14.3. The Labute approximate surface area is 154 Å².